The molecule has 0 aliphatic carbocycles. The minimum absolute atomic E-state index is 0.0562. The van der Waals surface area contributed by atoms with Crippen LogP contribution in [0.3, 0.4) is 0 Å². The van der Waals surface area contributed by atoms with E-state index in [-0.39, 0.29) is 12.4 Å². The molecule has 1 aromatic rings. The molecular formula is C15H16O3. The maximum absolute atomic E-state index is 11.3. The number of benzene rings is 1. The summed E-state index contributed by atoms with van der Waals surface area (Å²) < 4.78 is 10.5. The molecule has 0 amide bonds. The van der Waals surface area contributed by atoms with Crippen molar-refractivity contribution < 1.29 is 14.3 Å². The number of rotatable bonds is 6. The summed E-state index contributed by atoms with van der Waals surface area (Å²) in [5.74, 6) is 3.79. The zero-order valence-corrected chi connectivity index (χ0v) is 10.6. The van der Waals surface area contributed by atoms with Gasteiger partial charge in [-0.1, -0.05) is 12.8 Å². The summed E-state index contributed by atoms with van der Waals surface area (Å²) in [5.41, 5.74) is 0.770. The predicted molar refractivity (Wildman–Crippen MR) is 71.7 cm³/mol. The van der Waals surface area contributed by atoms with Crippen molar-refractivity contribution in [3.8, 4) is 23.8 Å². The molecule has 18 heavy (non-hydrogen) atoms. The predicted octanol–water partition coefficient (Wildman–Crippen LogP) is 2.70. The maximum atomic E-state index is 11.3. The first-order valence-electron chi connectivity index (χ1n) is 5.66. The van der Waals surface area contributed by atoms with Gasteiger partial charge >= 0.3 is 0 Å². The van der Waals surface area contributed by atoms with Gasteiger partial charge in [-0.15, -0.1) is 6.42 Å². The van der Waals surface area contributed by atoms with Gasteiger partial charge in [0.05, 0.1) is 7.11 Å². The summed E-state index contributed by atoms with van der Waals surface area (Å²) in [6.07, 6.45) is 8.86. The van der Waals surface area contributed by atoms with Gasteiger partial charge in [0.2, 0.25) is 0 Å². The van der Waals surface area contributed by atoms with Crippen molar-refractivity contribution in [1.82, 2.24) is 0 Å². The topological polar surface area (TPSA) is 35.5 Å². The lowest BCUT2D eigenvalue weighted by Crippen LogP contribution is -1.96. The van der Waals surface area contributed by atoms with Crippen LogP contribution in [0.4, 0.5) is 0 Å². The van der Waals surface area contributed by atoms with Gasteiger partial charge in [0.15, 0.2) is 5.78 Å². The summed E-state index contributed by atoms with van der Waals surface area (Å²) in [4.78, 5) is 11.3. The fraction of sp³-hybridized carbons (Fsp3) is 0.267. The van der Waals surface area contributed by atoms with Crippen LogP contribution in [-0.4, -0.2) is 19.5 Å². The van der Waals surface area contributed by atoms with Crippen LogP contribution in [0.15, 0.2) is 24.3 Å². The second-order valence-corrected chi connectivity index (χ2v) is 3.55. The van der Waals surface area contributed by atoms with Gasteiger partial charge in [-0.25, -0.2) is 0 Å². The Morgan fingerprint density at radius 3 is 2.89 bits per heavy atom. The highest BCUT2D eigenvalue weighted by Gasteiger charge is 2.03. The van der Waals surface area contributed by atoms with E-state index in [4.69, 9.17) is 15.9 Å². The lowest BCUT2D eigenvalue weighted by atomic mass is 10.1. The molecule has 0 saturated heterocycles. The first kappa shape index (κ1) is 13.9. The van der Waals surface area contributed by atoms with Crippen molar-refractivity contribution in [3.05, 3.63) is 29.8 Å². The number of hydrogen-bond acceptors (Lipinski definition) is 3. The third-order valence-corrected chi connectivity index (χ3v) is 2.33. The van der Waals surface area contributed by atoms with Crippen molar-refractivity contribution in [3.63, 3.8) is 0 Å². The normalized spacial score (nSPS) is 10.1. The number of ether oxygens (including phenoxy) is 2. The molecule has 0 bridgehead atoms. The van der Waals surface area contributed by atoms with Crippen molar-refractivity contribution in [1.29, 1.82) is 0 Å². The van der Waals surface area contributed by atoms with E-state index in [2.05, 4.69) is 5.92 Å². The number of ketones is 1. The van der Waals surface area contributed by atoms with Gasteiger partial charge in [0.1, 0.15) is 18.1 Å². The zero-order valence-electron chi connectivity index (χ0n) is 10.6. The van der Waals surface area contributed by atoms with Crippen molar-refractivity contribution in [2.24, 2.45) is 0 Å². The Morgan fingerprint density at radius 1 is 1.50 bits per heavy atom. The molecule has 0 aliphatic heterocycles. The molecule has 3 heteroatoms. The molecule has 0 unspecified atom stereocenters. The molecule has 1 aromatic carbocycles. The first-order valence-corrected chi connectivity index (χ1v) is 5.66. The quantitative estimate of drug-likeness (QED) is 0.570. The molecular weight excluding hydrogens is 228 g/mol. The molecule has 0 N–H and O–H groups in total. The highest BCUT2D eigenvalue weighted by Crippen LogP contribution is 2.25. The SMILES string of the molecule is C#CCOc1ccc(OC)cc1/C=C/C(=O)CC. The largest absolute Gasteiger partial charge is 0.497 e. The number of terminal acetylenes is 1. The Bertz CT molecular complexity index is 481. The number of allylic oxidation sites excluding steroid dienone is 1. The molecule has 0 aromatic heterocycles. The van der Waals surface area contributed by atoms with E-state index < -0.39 is 0 Å². The minimum atomic E-state index is 0.0562. The molecule has 0 atom stereocenters. The van der Waals surface area contributed by atoms with E-state index >= 15 is 0 Å². The van der Waals surface area contributed by atoms with Crippen LogP contribution in [0, 0.1) is 12.3 Å². The summed E-state index contributed by atoms with van der Waals surface area (Å²) in [7, 11) is 1.59. The average Bonchev–Trinajstić information content (AvgIpc) is 2.42. The van der Waals surface area contributed by atoms with Crippen molar-refractivity contribution >= 4 is 11.9 Å². The van der Waals surface area contributed by atoms with Gasteiger partial charge in [-0.2, -0.15) is 0 Å². The van der Waals surface area contributed by atoms with E-state index in [9.17, 15) is 4.79 Å². The van der Waals surface area contributed by atoms with E-state index in [1.165, 1.54) is 6.08 Å². The summed E-state index contributed by atoms with van der Waals surface area (Å²) in [6.45, 7) is 2.00. The summed E-state index contributed by atoms with van der Waals surface area (Å²) in [6, 6.07) is 5.35. The molecule has 0 heterocycles. The maximum Gasteiger partial charge on any atom is 0.155 e. The van der Waals surface area contributed by atoms with Crippen LogP contribution < -0.4 is 9.47 Å². The molecule has 0 spiro atoms. The molecule has 0 fully saturated rings. The number of methoxy groups -OCH3 is 1. The number of carbonyl (C=O) groups is 1. The monoisotopic (exact) mass is 244 g/mol. The Morgan fingerprint density at radius 2 is 2.28 bits per heavy atom. The van der Waals surface area contributed by atoms with Crippen LogP contribution in [0.2, 0.25) is 0 Å². The van der Waals surface area contributed by atoms with Crippen LogP contribution >= 0.6 is 0 Å². The molecule has 1 rings (SSSR count). The Labute approximate surface area is 107 Å². The fourth-order valence-corrected chi connectivity index (χ4v) is 1.34. The molecule has 3 nitrogen and oxygen atoms in total. The van der Waals surface area contributed by atoms with E-state index in [0.29, 0.717) is 17.9 Å². The van der Waals surface area contributed by atoms with Crippen LogP contribution in [0.1, 0.15) is 18.9 Å². The second kappa shape index (κ2) is 7.18. The zero-order chi connectivity index (χ0) is 13.4. The van der Waals surface area contributed by atoms with Gasteiger partial charge in [-0.3, -0.25) is 4.79 Å². The lowest BCUT2D eigenvalue weighted by molar-refractivity contribution is -0.114. The highest BCUT2D eigenvalue weighted by molar-refractivity contribution is 5.93. The molecule has 0 saturated carbocycles. The van der Waals surface area contributed by atoms with Gasteiger partial charge < -0.3 is 9.47 Å². The lowest BCUT2D eigenvalue weighted by Gasteiger charge is -2.08. The van der Waals surface area contributed by atoms with Crippen LogP contribution in [0.25, 0.3) is 6.08 Å². The standard InChI is InChI=1S/C15H16O3/c1-4-10-18-15-9-8-14(17-3)11-12(15)6-7-13(16)5-2/h1,6-9,11H,5,10H2,2-3H3/b7-6+. The molecule has 94 valence electrons. The summed E-state index contributed by atoms with van der Waals surface area (Å²) >= 11 is 0. The van der Waals surface area contributed by atoms with Gasteiger partial charge in [0, 0.05) is 12.0 Å². The Balaban J connectivity index is 3.00. The summed E-state index contributed by atoms with van der Waals surface area (Å²) in [5, 5.41) is 0. The average molecular weight is 244 g/mol. The Kier molecular flexibility index (Phi) is 5.53. The van der Waals surface area contributed by atoms with E-state index in [1.54, 1.807) is 31.4 Å². The third-order valence-electron chi connectivity index (χ3n) is 2.33. The number of carbonyl (C=O) groups excluding carboxylic acids is 1. The smallest absolute Gasteiger partial charge is 0.155 e. The number of hydrogen-bond donors (Lipinski definition) is 0. The highest BCUT2D eigenvalue weighted by atomic mass is 16.5. The van der Waals surface area contributed by atoms with Gasteiger partial charge in [0.25, 0.3) is 0 Å². The minimum Gasteiger partial charge on any atom is -0.497 e. The van der Waals surface area contributed by atoms with Crippen molar-refractivity contribution in [2.45, 2.75) is 13.3 Å². The molecule has 0 radical (unpaired) electrons. The fourth-order valence-electron chi connectivity index (χ4n) is 1.34. The third kappa shape index (κ3) is 3.99. The first-order chi connectivity index (χ1) is 8.71. The van der Waals surface area contributed by atoms with E-state index in [0.717, 1.165) is 5.56 Å². The van der Waals surface area contributed by atoms with Crippen LogP contribution in [-0.2, 0) is 4.79 Å². The van der Waals surface area contributed by atoms with E-state index in [1.807, 2.05) is 6.92 Å². The molecule has 0 aliphatic rings. The van der Waals surface area contributed by atoms with Gasteiger partial charge in [-0.05, 0) is 30.4 Å². The Hall–Kier alpha value is -2.21. The second-order valence-electron chi connectivity index (χ2n) is 3.55. The van der Waals surface area contributed by atoms with Crippen LogP contribution in [0.5, 0.6) is 11.5 Å². The van der Waals surface area contributed by atoms with Crippen molar-refractivity contribution in [2.75, 3.05) is 13.7 Å².